The number of H-pyrrole nitrogens is 1. The van der Waals surface area contributed by atoms with Crippen LogP contribution in [0, 0.1) is 12.8 Å². The highest BCUT2D eigenvalue weighted by Gasteiger charge is 2.27. The molecule has 0 spiro atoms. The summed E-state index contributed by atoms with van der Waals surface area (Å²) in [6, 6.07) is 13.8. The molecule has 206 valence electrons. The second-order valence-corrected chi connectivity index (χ2v) is 11.0. The zero-order chi connectivity index (χ0) is 27.6. The number of hydrogen-bond acceptors (Lipinski definition) is 7. The van der Waals surface area contributed by atoms with Crippen LogP contribution in [0.2, 0.25) is 0 Å². The molecule has 0 bridgehead atoms. The smallest absolute Gasteiger partial charge is 0.410 e. The van der Waals surface area contributed by atoms with Gasteiger partial charge in [0.1, 0.15) is 17.1 Å². The normalized spacial score (nSPS) is 14.5. The number of nitrogens with one attached hydrogen (secondary N) is 1. The van der Waals surface area contributed by atoms with Gasteiger partial charge in [0, 0.05) is 29.7 Å². The van der Waals surface area contributed by atoms with Crippen molar-refractivity contribution in [3.05, 3.63) is 48.2 Å². The fraction of sp³-hybridized carbons (Fsp3) is 0.433. The molecule has 0 unspecified atom stereocenters. The van der Waals surface area contributed by atoms with E-state index in [-0.39, 0.29) is 12.1 Å². The second kappa shape index (κ2) is 11.0. The standard InChI is InChI=1S/C30H36N4O5/c1-19-16-21-17-23(7-8-25(21)31-19)38-27-24-18-22(36-5)6-9-26(24)32-28(33-27)37-15-12-20-10-13-34(14-11-20)29(35)39-30(2,3)4/h6-9,16-18,20,31H,10-15H2,1-5H3. The zero-order valence-electron chi connectivity index (χ0n) is 23.2. The second-order valence-electron chi connectivity index (χ2n) is 11.0. The van der Waals surface area contributed by atoms with E-state index in [2.05, 4.69) is 21.0 Å². The summed E-state index contributed by atoms with van der Waals surface area (Å²) in [6.45, 7) is 9.55. The Morgan fingerprint density at radius 2 is 1.82 bits per heavy atom. The Kier molecular flexibility index (Phi) is 7.50. The molecule has 39 heavy (non-hydrogen) atoms. The van der Waals surface area contributed by atoms with Crippen LogP contribution >= 0.6 is 0 Å². The number of carbonyl (C=O) groups is 1. The number of aromatic nitrogens is 3. The third-order valence-corrected chi connectivity index (χ3v) is 6.81. The Hall–Kier alpha value is -4.01. The molecule has 2 aromatic carbocycles. The van der Waals surface area contributed by atoms with Crippen molar-refractivity contribution in [2.45, 2.75) is 52.6 Å². The molecule has 2 aromatic heterocycles. The molecule has 9 heteroatoms. The highest BCUT2D eigenvalue weighted by molar-refractivity contribution is 5.86. The van der Waals surface area contributed by atoms with Crippen molar-refractivity contribution in [3.63, 3.8) is 0 Å². The van der Waals surface area contributed by atoms with Crippen molar-refractivity contribution in [3.8, 4) is 23.4 Å². The molecule has 1 amide bonds. The minimum Gasteiger partial charge on any atom is -0.497 e. The lowest BCUT2D eigenvalue weighted by Gasteiger charge is -2.33. The molecule has 1 saturated heterocycles. The summed E-state index contributed by atoms with van der Waals surface area (Å²) in [5.74, 6) is 2.23. The number of benzene rings is 2. The van der Waals surface area contributed by atoms with Crippen molar-refractivity contribution in [1.29, 1.82) is 0 Å². The highest BCUT2D eigenvalue weighted by atomic mass is 16.6. The van der Waals surface area contributed by atoms with Crippen molar-refractivity contribution in [2.24, 2.45) is 5.92 Å². The van der Waals surface area contributed by atoms with E-state index in [1.807, 2.05) is 64.1 Å². The molecule has 1 aliphatic heterocycles. The SMILES string of the molecule is COc1ccc2nc(OCCC3CCN(C(=O)OC(C)(C)C)CC3)nc(Oc3ccc4[nH]c(C)cc4c3)c2c1. The molecule has 4 aromatic rings. The number of fused-ring (bicyclic) bond motifs is 2. The van der Waals surface area contributed by atoms with Crippen molar-refractivity contribution in [2.75, 3.05) is 26.8 Å². The fourth-order valence-electron chi connectivity index (χ4n) is 4.81. The lowest BCUT2D eigenvalue weighted by Crippen LogP contribution is -2.41. The van der Waals surface area contributed by atoms with E-state index < -0.39 is 5.60 Å². The molecule has 0 atom stereocenters. The Labute approximate surface area is 228 Å². The predicted octanol–water partition coefficient (Wildman–Crippen LogP) is 6.64. The number of likely N-dealkylation sites (tertiary alicyclic amines) is 1. The first-order chi connectivity index (χ1) is 18.7. The maximum absolute atomic E-state index is 12.3. The predicted molar refractivity (Wildman–Crippen MR) is 150 cm³/mol. The molecule has 9 nitrogen and oxygen atoms in total. The van der Waals surface area contributed by atoms with Crippen LogP contribution in [-0.4, -0.2) is 58.4 Å². The van der Waals surface area contributed by atoms with Gasteiger partial charge in [0.15, 0.2) is 0 Å². The number of methoxy groups -OCH3 is 1. The molecular formula is C30H36N4O5. The zero-order valence-corrected chi connectivity index (χ0v) is 23.2. The van der Waals surface area contributed by atoms with Gasteiger partial charge in [-0.15, -0.1) is 0 Å². The average molecular weight is 533 g/mol. The van der Waals surface area contributed by atoms with E-state index in [1.165, 1.54) is 0 Å². The van der Waals surface area contributed by atoms with Crippen LogP contribution in [0.4, 0.5) is 4.79 Å². The van der Waals surface area contributed by atoms with Crippen LogP contribution < -0.4 is 14.2 Å². The monoisotopic (exact) mass is 532 g/mol. The Morgan fingerprint density at radius 3 is 2.56 bits per heavy atom. The number of carbonyl (C=O) groups excluding carboxylic acids is 1. The highest BCUT2D eigenvalue weighted by Crippen LogP contribution is 2.33. The van der Waals surface area contributed by atoms with Crippen LogP contribution in [0.25, 0.3) is 21.8 Å². The van der Waals surface area contributed by atoms with Crippen molar-refractivity contribution in [1.82, 2.24) is 19.9 Å². The largest absolute Gasteiger partial charge is 0.497 e. The summed E-state index contributed by atoms with van der Waals surface area (Å²) in [4.78, 5) is 26.7. The molecule has 1 N–H and O–H groups in total. The first-order valence-electron chi connectivity index (χ1n) is 13.4. The van der Waals surface area contributed by atoms with Crippen LogP contribution in [0.5, 0.6) is 23.4 Å². The summed E-state index contributed by atoms with van der Waals surface area (Å²) in [6.07, 6.45) is 2.44. The van der Waals surface area contributed by atoms with E-state index in [4.69, 9.17) is 18.9 Å². The van der Waals surface area contributed by atoms with Crippen LogP contribution in [-0.2, 0) is 4.74 Å². The van der Waals surface area contributed by atoms with E-state index in [0.717, 1.165) is 41.2 Å². The topological polar surface area (TPSA) is 98.8 Å². The van der Waals surface area contributed by atoms with Gasteiger partial charge in [-0.2, -0.15) is 9.97 Å². The van der Waals surface area contributed by atoms with E-state index in [1.54, 1.807) is 12.0 Å². The van der Waals surface area contributed by atoms with Gasteiger partial charge in [0.25, 0.3) is 0 Å². The Bertz CT molecular complexity index is 1470. The van der Waals surface area contributed by atoms with Crippen LogP contribution in [0.15, 0.2) is 42.5 Å². The van der Waals surface area contributed by atoms with Crippen LogP contribution in [0.1, 0.15) is 45.7 Å². The molecule has 0 radical (unpaired) electrons. The van der Waals surface area contributed by atoms with Gasteiger partial charge in [0.2, 0.25) is 5.88 Å². The van der Waals surface area contributed by atoms with Crippen LogP contribution in [0.3, 0.4) is 0 Å². The number of aryl methyl sites for hydroxylation is 1. The van der Waals surface area contributed by atoms with Gasteiger partial charge in [-0.25, -0.2) is 4.79 Å². The molecule has 0 aliphatic carbocycles. The maximum Gasteiger partial charge on any atom is 0.410 e. The van der Waals surface area contributed by atoms with Gasteiger partial charge < -0.3 is 28.8 Å². The quantitative estimate of drug-likeness (QED) is 0.285. The lowest BCUT2D eigenvalue weighted by molar-refractivity contribution is 0.0177. The third kappa shape index (κ3) is 6.53. The number of rotatable bonds is 7. The first-order valence-corrected chi connectivity index (χ1v) is 13.4. The average Bonchev–Trinajstić information content (AvgIpc) is 3.27. The van der Waals surface area contributed by atoms with Crippen molar-refractivity contribution >= 4 is 27.9 Å². The van der Waals surface area contributed by atoms with Gasteiger partial charge in [-0.1, -0.05) is 0 Å². The molecule has 0 saturated carbocycles. The molecular weight excluding hydrogens is 496 g/mol. The minimum atomic E-state index is -0.483. The Morgan fingerprint density at radius 1 is 1.05 bits per heavy atom. The molecule has 1 fully saturated rings. The number of piperidine rings is 1. The number of hydrogen-bond donors (Lipinski definition) is 1. The van der Waals surface area contributed by atoms with E-state index >= 15 is 0 Å². The van der Waals surface area contributed by atoms with Gasteiger partial charge >= 0.3 is 12.1 Å². The minimum absolute atomic E-state index is 0.239. The number of ether oxygens (including phenoxy) is 4. The van der Waals surface area contributed by atoms with Gasteiger partial charge in [-0.3, -0.25) is 0 Å². The molecule has 1 aliphatic rings. The first kappa shape index (κ1) is 26.6. The Balaban J connectivity index is 1.26. The molecule has 5 rings (SSSR count). The van der Waals surface area contributed by atoms with E-state index in [0.29, 0.717) is 48.5 Å². The lowest BCUT2D eigenvalue weighted by atomic mass is 9.94. The maximum atomic E-state index is 12.3. The summed E-state index contributed by atoms with van der Waals surface area (Å²) < 4.78 is 23.2. The van der Waals surface area contributed by atoms with Crippen molar-refractivity contribution < 1.29 is 23.7 Å². The summed E-state index contributed by atoms with van der Waals surface area (Å²) >= 11 is 0. The number of aromatic amines is 1. The number of amides is 1. The fourth-order valence-corrected chi connectivity index (χ4v) is 4.81. The summed E-state index contributed by atoms with van der Waals surface area (Å²) in [5.41, 5.74) is 2.36. The van der Waals surface area contributed by atoms with Gasteiger partial charge in [-0.05, 0) is 95.3 Å². The van der Waals surface area contributed by atoms with E-state index in [9.17, 15) is 4.79 Å². The summed E-state index contributed by atoms with van der Waals surface area (Å²) in [7, 11) is 1.63. The third-order valence-electron chi connectivity index (χ3n) is 6.81. The van der Waals surface area contributed by atoms with Gasteiger partial charge in [0.05, 0.1) is 24.6 Å². The number of nitrogens with zero attached hydrogens (tertiary/aromatic N) is 3. The molecule has 3 heterocycles. The summed E-state index contributed by atoms with van der Waals surface area (Å²) in [5, 5.41) is 1.80.